The first-order valence-electron chi connectivity index (χ1n) is 7.62. The van der Waals surface area contributed by atoms with Gasteiger partial charge in [0.2, 0.25) is 0 Å². The highest BCUT2D eigenvalue weighted by Gasteiger charge is 2.44. The quantitative estimate of drug-likeness (QED) is 0.308. The predicted octanol–water partition coefficient (Wildman–Crippen LogP) is 7.73. The summed E-state index contributed by atoms with van der Waals surface area (Å²) in [4.78, 5) is 0. The summed E-state index contributed by atoms with van der Waals surface area (Å²) >= 11 is 0. The van der Waals surface area contributed by atoms with Crippen LogP contribution in [0.15, 0.2) is 0 Å². The molecular weight excluding hydrogens is 409 g/mol. The van der Waals surface area contributed by atoms with Gasteiger partial charge in [-0.25, -0.2) is 0 Å². The molecule has 0 fully saturated rings. The Labute approximate surface area is 179 Å². The van der Waals surface area contributed by atoms with E-state index in [0.29, 0.717) is 13.2 Å². The van der Waals surface area contributed by atoms with Gasteiger partial charge in [0.05, 0.1) is 0 Å². The molecule has 0 bridgehead atoms. The minimum Gasteiger partial charge on any atom is -0.416 e. The molecule has 5 nitrogen and oxygen atoms in total. The van der Waals surface area contributed by atoms with E-state index < -0.39 is 34.2 Å². The van der Waals surface area contributed by atoms with Crippen LogP contribution < -0.4 is 0 Å². The van der Waals surface area contributed by atoms with E-state index in [0.717, 1.165) is 0 Å². The third-order valence-electron chi connectivity index (χ3n) is 2.46. The van der Waals surface area contributed by atoms with Gasteiger partial charge >= 0.3 is 34.2 Å². The summed E-state index contributed by atoms with van der Waals surface area (Å²) in [5.74, 6) is 0. The molecule has 0 unspecified atom stereocenters. The van der Waals surface area contributed by atoms with Crippen molar-refractivity contribution in [2.24, 2.45) is 0 Å². The molecule has 0 aliphatic heterocycles. The third kappa shape index (κ3) is 22.8. The first-order chi connectivity index (χ1) is 9.24. The zero-order valence-electron chi connectivity index (χ0n) is 15.5. The maximum atomic E-state index is 6.33. The van der Waals surface area contributed by atoms with Crippen LogP contribution in [0.25, 0.3) is 0 Å². The second-order valence-corrected chi connectivity index (χ2v) is 21.0. The molecule has 0 N–H and O–H groups in total. The van der Waals surface area contributed by atoms with E-state index in [1.807, 2.05) is 13.8 Å². The van der Waals surface area contributed by atoms with E-state index >= 15 is 0 Å². The highest BCUT2D eigenvalue weighted by Crippen LogP contribution is 2.24. The van der Waals surface area contributed by atoms with Gasteiger partial charge in [0.1, 0.15) is 0 Å². The lowest BCUT2D eigenvalue weighted by atomic mass is 10.9. The Hall–Kier alpha value is 0.668. The van der Waals surface area contributed by atoms with Gasteiger partial charge in [-0.15, -0.1) is 0 Å². The van der Waals surface area contributed by atoms with Gasteiger partial charge in [-0.2, -0.15) is 0 Å². The smallest absolute Gasteiger partial charge is 0.322 e. The van der Waals surface area contributed by atoms with Crippen LogP contribution in [-0.2, 0) is 21.2 Å². The summed E-state index contributed by atoms with van der Waals surface area (Å²) < 4.78 is 30.3. The largest absolute Gasteiger partial charge is 0.416 e. The first kappa shape index (κ1) is 46.1. The van der Waals surface area contributed by atoms with Gasteiger partial charge in [0.25, 0.3) is 0 Å². The van der Waals surface area contributed by atoms with Gasteiger partial charge in [-0.1, -0.05) is 44.6 Å². The molecule has 0 atom stereocenters. The molecule has 0 aromatic heterocycles. The molecule has 0 amide bonds. The van der Waals surface area contributed by atoms with Crippen molar-refractivity contribution in [3.8, 4) is 0 Å². The molecule has 0 saturated carbocycles. The second kappa shape index (κ2) is 17.5. The van der Waals surface area contributed by atoms with Crippen LogP contribution in [0.5, 0.6) is 0 Å². The average Bonchev–Trinajstić information content (AvgIpc) is 2.09. The maximum Gasteiger partial charge on any atom is 0.322 e. The summed E-state index contributed by atoms with van der Waals surface area (Å²) in [6.07, 6.45) is 0. The summed E-state index contributed by atoms with van der Waals surface area (Å²) in [5, 5.41) is 0. The van der Waals surface area contributed by atoms with E-state index in [2.05, 4.69) is 52.4 Å². The molecule has 0 aliphatic rings. The predicted molar refractivity (Wildman–Crippen MR) is 137 cm³/mol. The van der Waals surface area contributed by atoms with Gasteiger partial charge in [0, 0.05) is 13.2 Å². The normalized spacial score (nSPS) is 11.3. The number of hydrogen-bond donors (Lipinski definition) is 0. The van der Waals surface area contributed by atoms with Crippen LogP contribution in [0.2, 0.25) is 52.4 Å². The summed E-state index contributed by atoms with van der Waals surface area (Å²) in [6.45, 7) is 21.8. The number of hydrogen-bond acceptors (Lipinski definition) is 5. The van der Waals surface area contributed by atoms with Crippen LogP contribution in [0.3, 0.4) is 0 Å². The second-order valence-electron chi connectivity index (χ2n) is 6.77. The Morgan fingerprint density at radius 3 is 0.778 bits per heavy atom. The van der Waals surface area contributed by atoms with E-state index in [1.165, 1.54) is 0 Å². The summed E-state index contributed by atoms with van der Waals surface area (Å²) in [6, 6.07) is 0. The fourth-order valence-electron chi connectivity index (χ4n) is 2.57. The molecule has 0 aromatic carbocycles. The van der Waals surface area contributed by atoms with Crippen molar-refractivity contribution in [2.45, 2.75) is 111 Å². The minimum absolute atomic E-state index is 0. The molecule has 0 spiro atoms. The van der Waals surface area contributed by atoms with Crippen molar-refractivity contribution in [1.82, 2.24) is 0 Å². The van der Waals surface area contributed by atoms with E-state index in [9.17, 15) is 0 Å². The molecule has 27 heavy (non-hydrogen) atoms. The molecule has 176 valence electrons. The van der Waals surface area contributed by atoms with E-state index in [-0.39, 0.29) is 44.6 Å². The van der Waals surface area contributed by atoms with Crippen LogP contribution in [0, 0.1) is 0 Å². The first-order valence-corrected chi connectivity index (χ1v) is 18.9. The standard InChI is InChI=1S/C12H34O5Si4.6CH4/c1-11-13-18(3,4)15-20(7,8)17-21(9,10)16-19(5,6)14-12-2;;;;;;/h11-12H2,1-10H3;6*1H4. The Morgan fingerprint density at radius 1 is 0.407 bits per heavy atom. The molecule has 0 aliphatic carbocycles. The lowest BCUT2D eigenvalue weighted by Crippen LogP contribution is -2.57. The zero-order valence-corrected chi connectivity index (χ0v) is 19.5. The van der Waals surface area contributed by atoms with E-state index in [4.69, 9.17) is 21.2 Å². The SMILES string of the molecule is C.C.C.C.C.C.CCO[Si](C)(C)O[Si](C)(C)O[Si](C)(C)O[Si](C)(C)OCC. The summed E-state index contributed by atoms with van der Waals surface area (Å²) in [5.41, 5.74) is 0. The fraction of sp³-hybridized carbons (Fsp3) is 1.00. The van der Waals surface area contributed by atoms with Gasteiger partial charge < -0.3 is 21.2 Å². The average molecular weight is 467 g/mol. The van der Waals surface area contributed by atoms with Gasteiger partial charge in [-0.3, -0.25) is 0 Å². The van der Waals surface area contributed by atoms with Gasteiger partial charge in [-0.05, 0) is 66.2 Å². The Morgan fingerprint density at radius 2 is 0.593 bits per heavy atom. The van der Waals surface area contributed by atoms with Crippen molar-refractivity contribution >= 4 is 34.2 Å². The Balaban J connectivity index is -0.000000133. The third-order valence-corrected chi connectivity index (χ3v) is 16.2. The van der Waals surface area contributed by atoms with E-state index in [1.54, 1.807) is 0 Å². The van der Waals surface area contributed by atoms with Crippen LogP contribution in [0.1, 0.15) is 58.4 Å². The van der Waals surface area contributed by atoms with Crippen molar-refractivity contribution in [3.05, 3.63) is 0 Å². The highest BCUT2D eigenvalue weighted by atomic mass is 28.5. The molecular formula is C18H58O5Si4. The van der Waals surface area contributed by atoms with Crippen molar-refractivity contribution in [2.75, 3.05) is 13.2 Å². The number of rotatable bonds is 10. The molecule has 0 radical (unpaired) electrons. The Kier molecular flexibility index (Phi) is 29.9. The zero-order chi connectivity index (χ0) is 16.9. The Bertz CT molecular complexity index is 295. The van der Waals surface area contributed by atoms with Crippen LogP contribution in [-0.4, -0.2) is 47.5 Å². The topological polar surface area (TPSA) is 46.2 Å². The van der Waals surface area contributed by atoms with Gasteiger partial charge in [0.15, 0.2) is 0 Å². The molecule has 0 heterocycles. The van der Waals surface area contributed by atoms with Crippen molar-refractivity contribution in [3.63, 3.8) is 0 Å². The molecule has 9 heteroatoms. The fourth-order valence-corrected chi connectivity index (χ4v) is 19.7. The lowest BCUT2D eigenvalue weighted by Gasteiger charge is -2.40. The summed E-state index contributed by atoms with van der Waals surface area (Å²) in [7, 11) is -8.85. The molecule has 0 rings (SSSR count). The molecule has 0 saturated heterocycles. The molecule has 0 aromatic rings. The van der Waals surface area contributed by atoms with Crippen molar-refractivity contribution in [1.29, 1.82) is 0 Å². The lowest BCUT2D eigenvalue weighted by molar-refractivity contribution is 0.219. The highest BCUT2D eigenvalue weighted by molar-refractivity contribution is 6.87. The van der Waals surface area contributed by atoms with Crippen LogP contribution in [0.4, 0.5) is 0 Å². The monoisotopic (exact) mass is 466 g/mol. The maximum absolute atomic E-state index is 6.33. The van der Waals surface area contributed by atoms with Crippen LogP contribution >= 0.6 is 0 Å². The minimum atomic E-state index is -2.29. The van der Waals surface area contributed by atoms with Crippen molar-refractivity contribution < 1.29 is 21.2 Å².